The van der Waals surface area contributed by atoms with Crippen molar-refractivity contribution in [1.29, 1.82) is 0 Å². The van der Waals surface area contributed by atoms with E-state index in [4.69, 9.17) is 14.2 Å². The average Bonchev–Trinajstić information content (AvgIpc) is 3.75. The van der Waals surface area contributed by atoms with Gasteiger partial charge in [-0.1, -0.05) is 18.2 Å². The smallest absolute Gasteiger partial charge is 0.329 e. The number of fused-ring (bicyclic) bond motifs is 2. The Morgan fingerprint density at radius 2 is 1.61 bits per heavy atom. The fourth-order valence-corrected chi connectivity index (χ4v) is 10.6. The Morgan fingerprint density at radius 1 is 0.870 bits per heavy atom. The van der Waals surface area contributed by atoms with E-state index in [0.717, 1.165) is 16.7 Å². The van der Waals surface area contributed by atoms with E-state index in [1.54, 1.807) is 79.5 Å². The first kappa shape index (κ1) is 47.4. The molecule has 0 saturated carbocycles. The second kappa shape index (κ2) is 18.7. The summed E-state index contributed by atoms with van der Waals surface area (Å²) in [5.41, 5.74) is 2.59. The Labute approximate surface area is 396 Å². The third kappa shape index (κ3) is 9.54. The number of hydrogen-bond acceptors (Lipinski definition) is 13. The molecule has 4 aliphatic heterocycles. The van der Waals surface area contributed by atoms with Crippen molar-refractivity contribution in [2.45, 2.75) is 44.3 Å². The fraction of sp³-hybridized carbons (Fsp3) is 0.396. The number of aromatic nitrogens is 2. The SMILES string of the molecule is CCOc1cc([C@@H](CS(C)(=O)=O)N2C(=O)c3ccc(N4CCN([C@@H]5CCN(Cc6ccc(Oc7cc8c(cc7F)c(N7CCC(=O)NC7=O)nn8C)cc6)CC5(F)F)CC4)cc3C2=O)ccc1OC. The molecule has 0 spiro atoms. The van der Waals surface area contributed by atoms with Crippen LogP contribution in [0.25, 0.3) is 10.9 Å². The maximum atomic E-state index is 16.0. The van der Waals surface area contributed by atoms with E-state index >= 15 is 13.2 Å². The van der Waals surface area contributed by atoms with Crippen molar-refractivity contribution >= 4 is 56.0 Å². The second-order valence-electron chi connectivity index (χ2n) is 17.7. The molecule has 21 heteroatoms. The number of piperidine rings is 1. The number of anilines is 2. The van der Waals surface area contributed by atoms with Gasteiger partial charge in [-0.15, -0.1) is 0 Å². The molecule has 5 aromatic rings. The van der Waals surface area contributed by atoms with Gasteiger partial charge in [0.1, 0.15) is 15.6 Å². The number of amides is 5. The molecule has 2 atom stereocenters. The first-order valence-corrected chi connectivity index (χ1v) is 24.6. The summed E-state index contributed by atoms with van der Waals surface area (Å²) in [6.45, 7) is 3.96. The molecule has 0 bridgehead atoms. The molecule has 4 aliphatic rings. The van der Waals surface area contributed by atoms with Crippen molar-refractivity contribution in [1.82, 2.24) is 29.8 Å². The number of carbonyl (C=O) groups excluding carboxylic acids is 4. The first-order valence-electron chi connectivity index (χ1n) is 22.5. The van der Waals surface area contributed by atoms with Crippen LogP contribution in [0.4, 0.5) is 29.5 Å². The van der Waals surface area contributed by atoms with E-state index < -0.39 is 69.7 Å². The molecule has 1 N–H and O–H groups in total. The van der Waals surface area contributed by atoms with E-state index in [9.17, 15) is 27.6 Å². The minimum Gasteiger partial charge on any atom is -0.493 e. The number of benzene rings is 4. The zero-order valence-electron chi connectivity index (χ0n) is 38.4. The monoisotopic (exact) mass is 972 g/mol. The van der Waals surface area contributed by atoms with Crippen molar-refractivity contribution in [3.05, 3.63) is 101 Å². The van der Waals surface area contributed by atoms with Gasteiger partial charge in [-0.25, -0.2) is 26.4 Å². The molecular formula is C48H51F3N8O9S. The van der Waals surface area contributed by atoms with Crippen LogP contribution in [0.3, 0.4) is 0 Å². The lowest BCUT2D eigenvalue weighted by Gasteiger charge is -2.46. The molecular weight excluding hydrogens is 922 g/mol. The van der Waals surface area contributed by atoms with Crippen LogP contribution in [-0.4, -0.2) is 140 Å². The standard InChI is InChI=1S/C48H51F3N8O9S/c1-5-67-41-22-30(8-13-39(41)66-3)38(27-69(4,64)65)59-45(61)33-12-9-31(23-34(33)46(59)62)56-18-20-57(21-19-56)42-14-16-55(28-48(42,50)51)26-29-6-10-32(11-7-29)68-40-25-37-35(24-36(40)49)44(53-54(37)2)58-17-15-43(60)52-47(58)63/h6-13,22-25,38,42H,5,14-21,26-28H2,1-4H3,(H,52,60,63)/t38-,42-/m1/s1. The van der Waals surface area contributed by atoms with E-state index in [0.29, 0.717) is 78.7 Å². The fourth-order valence-electron chi connectivity index (χ4n) is 9.71. The van der Waals surface area contributed by atoms with Gasteiger partial charge in [-0.05, 0) is 73.0 Å². The number of aryl methyl sites for hydroxylation is 1. The summed E-state index contributed by atoms with van der Waals surface area (Å²) in [6, 6.07) is 16.4. The molecule has 5 heterocycles. The lowest BCUT2D eigenvalue weighted by atomic mass is 9.97. The molecule has 3 saturated heterocycles. The maximum absolute atomic E-state index is 16.0. The number of methoxy groups -OCH3 is 1. The molecule has 9 rings (SSSR count). The molecule has 0 aliphatic carbocycles. The summed E-state index contributed by atoms with van der Waals surface area (Å²) in [5.74, 6) is -4.63. The number of alkyl halides is 2. The minimum absolute atomic E-state index is 0.0728. The summed E-state index contributed by atoms with van der Waals surface area (Å²) in [7, 11) is -0.568. The third-order valence-corrected chi connectivity index (χ3v) is 14.0. The maximum Gasteiger partial charge on any atom is 0.329 e. The van der Waals surface area contributed by atoms with Gasteiger partial charge in [-0.2, -0.15) is 5.10 Å². The van der Waals surface area contributed by atoms with Gasteiger partial charge >= 0.3 is 6.03 Å². The highest BCUT2D eigenvalue weighted by Gasteiger charge is 2.48. The van der Waals surface area contributed by atoms with Crippen LogP contribution < -0.4 is 29.3 Å². The van der Waals surface area contributed by atoms with Crippen LogP contribution in [0.15, 0.2) is 72.8 Å². The summed E-state index contributed by atoms with van der Waals surface area (Å²) >= 11 is 0. The highest BCUT2D eigenvalue weighted by atomic mass is 32.2. The van der Waals surface area contributed by atoms with E-state index in [1.807, 2.05) is 9.80 Å². The Kier molecular flexibility index (Phi) is 12.8. The number of rotatable bonds is 14. The summed E-state index contributed by atoms with van der Waals surface area (Å²) < 4.78 is 91.2. The van der Waals surface area contributed by atoms with Crippen LogP contribution in [0, 0.1) is 5.82 Å². The Balaban J connectivity index is 0.803. The number of ether oxygens (including phenoxy) is 3. The molecule has 0 unspecified atom stereocenters. The molecule has 0 radical (unpaired) electrons. The number of carbonyl (C=O) groups is 4. The number of hydrogen-bond donors (Lipinski definition) is 1. The lowest BCUT2D eigenvalue weighted by Crippen LogP contribution is -2.61. The van der Waals surface area contributed by atoms with Crippen LogP contribution in [0.5, 0.6) is 23.0 Å². The Hall–Kier alpha value is -6.71. The third-order valence-electron chi connectivity index (χ3n) is 13.1. The average molecular weight is 973 g/mol. The quantitative estimate of drug-likeness (QED) is 0.133. The van der Waals surface area contributed by atoms with E-state index in [-0.39, 0.29) is 48.6 Å². The van der Waals surface area contributed by atoms with Crippen LogP contribution in [0.2, 0.25) is 0 Å². The lowest BCUT2D eigenvalue weighted by molar-refractivity contribution is -0.129. The van der Waals surface area contributed by atoms with E-state index in [2.05, 4.69) is 10.4 Å². The Morgan fingerprint density at radius 3 is 2.29 bits per heavy atom. The van der Waals surface area contributed by atoms with Gasteiger partial charge in [0, 0.05) is 82.7 Å². The normalized spacial score (nSPS) is 19.5. The van der Waals surface area contributed by atoms with Crippen molar-refractivity contribution in [3.63, 3.8) is 0 Å². The topological polar surface area (TPSA) is 176 Å². The summed E-state index contributed by atoms with van der Waals surface area (Å²) in [6.07, 6.45) is 1.38. The predicted octanol–water partition coefficient (Wildman–Crippen LogP) is 5.77. The van der Waals surface area contributed by atoms with Gasteiger partial charge in [0.15, 0.2) is 28.9 Å². The zero-order valence-corrected chi connectivity index (χ0v) is 39.2. The number of sulfone groups is 1. The van der Waals surface area contributed by atoms with Gasteiger partial charge < -0.3 is 19.1 Å². The van der Waals surface area contributed by atoms with Crippen molar-refractivity contribution in [2.75, 3.05) is 81.3 Å². The van der Waals surface area contributed by atoms with Gasteiger partial charge in [0.2, 0.25) is 5.91 Å². The van der Waals surface area contributed by atoms with Crippen LogP contribution >= 0.6 is 0 Å². The molecule has 69 heavy (non-hydrogen) atoms. The first-order chi connectivity index (χ1) is 32.9. The Bertz CT molecular complexity index is 2960. The number of halogens is 3. The van der Waals surface area contributed by atoms with Crippen LogP contribution in [-0.2, 0) is 28.2 Å². The summed E-state index contributed by atoms with van der Waals surface area (Å²) in [5, 5.41) is 7.01. The van der Waals surface area contributed by atoms with Gasteiger partial charge in [0.05, 0.1) is 54.7 Å². The number of nitrogens with one attached hydrogen (secondary N) is 1. The van der Waals surface area contributed by atoms with Crippen LogP contribution in [0.1, 0.15) is 57.7 Å². The molecule has 364 valence electrons. The van der Waals surface area contributed by atoms with E-state index in [1.165, 1.54) is 28.8 Å². The number of urea groups is 1. The predicted molar refractivity (Wildman–Crippen MR) is 249 cm³/mol. The highest BCUT2D eigenvalue weighted by Crippen LogP contribution is 2.40. The summed E-state index contributed by atoms with van der Waals surface area (Å²) in [4.78, 5) is 59.8. The molecule has 4 aromatic carbocycles. The molecule has 5 amide bonds. The van der Waals surface area contributed by atoms with Gasteiger partial charge in [-0.3, -0.25) is 44.0 Å². The second-order valence-corrected chi connectivity index (χ2v) is 19.9. The number of piperazine rings is 1. The highest BCUT2D eigenvalue weighted by molar-refractivity contribution is 7.90. The number of likely N-dealkylation sites (tertiary alicyclic amines) is 1. The molecule has 1 aromatic heterocycles. The number of imide groups is 2. The van der Waals surface area contributed by atoms with Crippen molar-refractivity contribution in [2.24, 2.45) is 7.05 Å². The van der Waals surface area contributed by atoms with Crippen molar-refractivity contribution in [3.8, 4) is 23.0 Å². The van der Waals surface area contributed by atoms with Crippen molar-refractivity contribution < 1.29 is 55.0 Å². The zero-order chi connectivity index (χ0) is 48.9. The number of nitrogens with zero attached hydrogens (tertiary/aromatic N) is 7. The molecule has 3 fully saturated rings. The molecule has 17 nitrogen and oxygen atoms in total. The largest absolute Gasteiger partial charge is 0.493 e. The minimum atomic E-state index is -3.69. The van der Waals surface area contributed by atoms with Gasteiger partial charge in [0.25, 0.3) is 17.7 Å².